The number of carbonyl (C=O) groups is 1. The van der Waals surface area contributed by atoms with Gasteiger partial charge in [-0.1, -0.05) is 66.7 Å². The SMILES string of the molecule is O=C(Cc1ccccc1)Nc1cccc(OCCc2ccccc2)c1. The molecule has 0 bridgehead atoms. The molecule has 0 aliphatic carbocycles. The summed E-state index contributed by atoms with van der Waals surface area (Å²) in [5.74, 6) is 0.723. The van der Waals surface area contributed by atoms with Gasteiger partial charge in [0.15, 0.2) is 0 Å². The quantitative estimate of drug-likeness (QED) is 0.693. The van der Waals surface area contributed by atoms with Gasteiger partial charge >= 0.3 is 0 Å². The minimum Gasteiger partial charge on any atom is -0.493 e. The molecule has 0 fully saturated rings. The maximum absolute atomic E-state index is 12.1. The van der Waals surface area contributed by atoms with Crippen LogP contribution in [0.4, 0.5) is 5.69 Å². The van der Waals surface area contributed by atoms with Gasteiger partial charge in [0.25, 0.3) is 0 Å². The number of hydrogen-bond acceptors (Lipinski definition) is 2. The van der Waals surface area contributed by atoms with Crippen molar-refractivity contribution in [2.75, 3.05) is 11.9 Å². The van der Waals surface area contributed by atoms with Crippen molar-refractivity contribution in [2.24, 2.45) is 0 Å². The number of rotatable bonds is 7. The second-order valence-corrected chi connectivity index (χ2v) is 5.82. The molecule has 0 aliphatic heterocycles. The number of carbonyl (C=O) groups excluding carboxylic acids is 1. The van der Waals surface area contributed by atoms with E-state index in [1.165, 1.54) is 5.56 Å². The van der Waals surface area contributed by atoms with Crippen LogP contribution in [-0.2, 0) is 17.6 Å². The van der Waals surface area contributed by atoms with E-state index in [1.54, 1.807) is 0 Å². The third kappa shape index (κ3) is 5.50. The topological polar surface area (TPSA) is 38.3 Å². The molecule has 126 valence electrons. The molecular formula is C22H21NO2. The molecule has 25 heavy (non-hydrogen) atoms. The van der Waals surface area contributed by atoms with E-state index in [0.29, 0.717) is 13.0 Å². The first-order chi connectivity index (χ1) is 12.3. The van der Waals surface area contributed by atoms with Crippen LogP contribution >= 0.6 is 0 Å². The Labute approximate surface area is 148 Å². The number of benzene rings is 3. The molecular weight excluding hydrogens is 310 g/mol. The van der Waals surface area contributed by atoms with Gasteiger partial charge in [0, 0.05) is 18.2 Å². The second-order valence-electron chi connectivity index (χ2n) is 5.82. The monoisotopic (exact) mass is 331 g/mol. The van der Waals surface area contributed by atoms with Gasteiger partial charge < -0.3 is 10.1 Å². The average molecular weight is 331 g/mol. The van der Waals surface area contributed by atoms with Crippen molar-refractivity contribution in [3.8, 4) is 5.75 Å². The summed E-state index contributed by atoms with van der Waals surface area (Å²) < 4.78 is 5.80. The third-order valence-corrected chi connectivity index (χ3v) is 3.83. The molecule has 0 spiro atoms. The summed E-state index contributed by atoms with van der Waals surface area (Å²) >= 11 is 0. The van der Waals surface area contributed by atoms with E-state index < -0.39 is 0 Å². The molecule has 0 aliphatic rings. The molecule has 0 atom stereocenters. The highest BCUT2D eigenvalue weighted by Crippen LogP contribution is 2.18. The normalized spacial score (nSPS) is 10.2. The van der Waals surface area contributed by atoms with Gasteiger partial charge in [0.05, 0.1) is 13.0 Å². The van der Waals surface area contributed by atoms with E-state index in [4.69, 9.17) is 4.74 Å². The molecule has 3 aromatic carbocycles. The zero-order valence-corrected chi connectivity index (χ0v) is 14.0. The first kappa shape index (κ1) is 16.8. The molecule has 0 heterocycles. The summed E-state index contributed by atoms with van der Waals surface area (Å²) in [6, 6.07) is 27.4. The highest BCUT2D eigenvalue weighted by molar-refractivity contribution is 5.92. The van der Waals surface area contributed by atoms with Crippen LogP contribution in [0.5, 0.6) is 5.75 Å². The van der Waals surface area contributed by atoms with E-state index in [2.05, 4.69) is 17.4 Å². The minimum absolute atomic E-state index is 0.0346. The van der Waals surface area contributed by atoms with Gasteiger partial charge in [-0.2, -0.15) is 0 Å². The molecule has 0 aromatic heterocycles. The number of anilines is 1. The van der Waals surface area contributed by atoms with Crippen molar-refractivity contribution < 1.29 is 9.53 Å². The fourth-order valence-electron chi connectivity index (χ4n) is 2.58. The Morgan fingerprint density at radius 1 is 0.800 bits per heavy atom. The van der Waals surface area contributed by atoms with Gasteiger partial charge in [-0.05, 0) is 23.3 Å². The molecule has 3 aromatic rings. The predicted molar refractivity (Wildman–Crippen MR) is 101 cm³/mol. The predicted octanol–water partition coefficient (Wildman–Crippen LogP) is 4.49. The Balaban J connectivity index is 1.51. The first-order valence-electron chi connectivity index (χ1n) is 8.40. The lowest BCUT2D eigenvalue weighted by Gasteiger charge is -2.09. The zero-order chi connectivity index (χ0) is 17.3. The maximum Gasteiger partial charge on any atom is 0.228 e. The van der Waals surface area contributed by atoms with E-state index in [9.17, 15) is 4.79 Å². The Hall–Kier alpha value is -3.07. The van der Waals surface area contributed by atoms with E-state index in [-0.39, 0.29) is 5.91 Å². The zero-order valence-electron chi connectivity index (χ0n) is 14.0. The third-order valence-electron chi connectivity index (χ3n) is 3.83. The fraction of sp³-hybridized carbons (Fsp3) is 0.136. The van der Waals surface area contributed by atoms with Crippen LogP contribution in [0.3, 0.4) is 0 Å². The molecule has 3 rings (SSSR count). The van der Waals surface area contributed by atoms with Gasteiger partial charge in [-0.15, -0.1) is 0 Å². The van der Waals surface area contributed by atoms with Gasteiger partial charge in [-0.25, -0.2) is 0 Å². The van der Waals surface area contributed by atoms with E-state index in [0.717, 1.165) is 23.4 Å². The molecule has 1 N–H and O–H groups in total. The van der Waals surface area contributed by atoms with Crippen molar-refractivity contribution in [1.82, 2.24) is 0 Å². The molecule has 0 saturated heterocycles. The Morgan fingerprint density at radius 3 is 2.20 bits per heavy atom. The Kier molecular flexibility index (Phi) is 5.83. The fourth-order valence-corrected chi connectivity index (χ4v) is 2.58. The van der Waals surface area contributed by atoms with Crippen LogP contribution in [-0.4, -0.2) is 12.5 Å². The number of ether oxygens (including phenoxy) is 1. The van der Waals surface area contributed by atoms with Crippen molar-refractivity contribution in [1.29, 1.82) is 0 Å². The average Bonchev–Trinajstić information content (AvgIpc) is 2.64. The van der Waals surface area contributed by atoms with Crippen molar-refractivity contribution in [3.05, 3.63) is 96.1 Å². The summed E-state index contributed by atoms with van der Waals surface area (Å²) in [5, 5.41) is 2.92. The Morgan fingerprint density at radius 2 is 1.48 bits per heavy atom. The lowest BCUT2D eigenvalue weighted by atomic mass is 10.1. The standard InChI is InChI=1S/C22H21NO2/c24-22(16-19-10-5-2-6-11-19)23-20-12-7-13-21(17-20)25-15-14-18-8-3-1-4-9-18/h1-13,17H,14-16H2,(H,23,24). The molecule has 1 amide bonds. The van der Waals surface area contributed by atoms with E-state index >= 15 is 0 Å². The Bertz CT molecular complexity index is 801. The number of nitrogens with one attached hydrogen (secondary N) is 1. The largest absolute Gasteiger partial charge is 0.493 e. The highest BCUT2D eigenvalue weighted by atomic mass is 16.5. The number of hydrogen-bond donors (Lipinski definition) is 1. The summed E-state index contributed by atoms with van der Waals surface area (Å²) in [6.45, 7) is 0.603. The summed E-state index contributed by atoms with van der Waals surface area (Å²) in [5.41, 5.74) is 2.99. The van der Waals surface area contributed by atoms with Crippen LogP contribution < -0.4 is 10.1 Å². The number of amides is 1. The van der Waals surface area contributed by atoms with Crippen LogP contribution in [0, 0.1) is 0 Å². The lowest BCUT2D eigenvalue weighted by molar-refractivity contribution is -0.115. The van der Waals surface area contributed by atoms with Crippen molar-refractivity contribution in [3.63, 3.8) is 0 Å². The molecule has 0 unspecified atom stereocenters. The first-order valence-corrected chi connectivity index (χ1v) is 8.40. The van der Waals surface area contributed by atoms with Crippen LogP contribution in [0.2, 0.25) is 0 Å². The molecule has 3 heteroatoms. The van der Waals surface area contributed by atoms with Crippen LogP contribution in [0.25, 0.3) is 0 Å². The smallest absolute Gasteiger partial charge is 0.228 e. The second kappa shape index (κ2) is 8.69. The molecule has 3 nitrogen and oxygen atoms in total. The van der Waals surface area contributed by atoms with Gasteiger partial charge in [0.1, 0.15) is 5.75 Å². The summed E-state index contributed by atoms with van der Waals surface area (Å²) in [7, 11) is 0. The van der Waals surface area contributed by atoms with Crippen LogP contribution in [0.15, 0.2) is 84.9 Å². The lowest BCUT2D eigenvalue weighted by Crippen LogP contribution is -2.14. The van der Waals surface area contributed by atoms with Gasteiger partial charge in [0.2, 0.25) is 5.91 Å². The summed E-state index contributed by atoms with van der Waals surface area (Å²) in [6.07, 6.45) is 1.21. The van der Waals surface area contributed by atoms with Crippen molar-refractivity contribution >= 4 is 11.6 Å². The molecule has 0 radical (unpaired) electrons. The van der Waals surface area contributed by atoms with Crippen molar-refractivity contribution in [2.45, 2.75) is 12.8 Å². The highest BCUT2D eigenvalue weighted by Gasteiger charge is 2.05. The summed E-state index contributed by atoms with van der Waals surface area (Å²) in [4.78, 5) is 12.1. The maximum atomic E-state index is 12.1. The van der Waals surface area contributed by atoms with Crippen LogP contribution in [0.1, 0.15) is 11.1 Å². The van der Waals surface area contributed by atoms with E-state index in [1.807, 2.05) is 72.8 Å². The minimum atomic E-state index is -0.0346. The van der Waals surface area contributed by atoms with Gasteiger partial charge in [-0.3, -0.25) is 4.79 Å². The molecule has 0 saturated carbocycles.